The molecule has 4 rings (SSSR count). The van der Waals surface area contributed by atoms with Crippen LogP contribution in [0.2, 0.25) is 0 Å². The van der Waals surface area contributed by atoms with Gasteiger partial charge in [0.25, 0.3) is 0 Å². The van der Waals surface area contributed by atoms with Gasteiger partial charge in [-0.05, 0) is 20.0 Å². The summed E-state index contributed by atoms with van der Waals surface area (Å²) >= 11 is 0. The van der Waals surface area contributed by atoms with E-state index in [1.165, 1.54) is 6.07 Å². The minimum atomic E-state index is -1.13. The van der Waals surface area contributed by atoms with Crippen LogP contribution in [0.4, 0.5) is 15.8 Å². The van der Waals surface area contributed by atoms with E-state index in [9.17, 15) is 14.3 Å². The van der Waals surface area contributed by atoms with Crippen molar-refractivity contribution in [2.75, 3.05) is 49.6 Å². The highest BCUT2D eigenvalue weighted by molar-refractivity contribution is 5.86. The van der Waals surface area contributed by atoms with Crippen molar-refractivity contribution >= 4 is 17.7 Å². The Labute approximate surface area is 146 Å². The number of anilines is 2. The molecule has 1 aromatic carbocycles. The van der Waals surface area contributed by atoms with Gasteiger partial charge in [-0.25, -0.2) is 4.39 Å². The standard InChI is InChI=1S/C18H22FN3O3/c1-11-10-25-18-15-13(17(24)12(9-23)8-22(11)15)7-14(19)16(18)21-5-3-20(2)4-6-21/h7-9,11,17,24H,3-6,10H2,1-2H3. The lowest BCUT2D eigenvalue weighted by atomic mass is 9.93. The number of rotatable bonds is 2. The minimum Gasteiger partial charge on any atom is -0.487 e. The average molecular weight is 347 g/mol. The maximum Gasteiger partial charge on any atom is 0.169 e. The third kappa shape index (κ3) is 2.49. The van der Waals surface area contributed by atoms with Crippen molar-refractivity contribution in [1.82, 2.24) is 4.90 Å². The highest BCUT2D eigenvalue weighted by atomic mass is 19.1. The van der Waals surface area contributed by atoms with Crippen LogP contribution in [-0.2, 0) is 4.79 Å². The van der Waals surface area contributed by atoms with Crippen LogP contribution in [0.25, 0.3) is 0 Å². The zero-order chi connectivity index (χ0) is 17.7. The number of aliphatic hydroxyl groups is 1. The Hall–Kier alpha value is -2.12. The van der Waals surface area contributed by atoms with E-state index in [1.807, 2.05) is 23.8 Å². The number of hydrogen-bond acceptors (Lipinski definition) is 6. The Morgan fingerprint density at radius 3 is 2.68 bits per heavy atom. The molecule has 0 radical (unpaired) electrons. The van der Waals surface area contributed by atoms with Gasteiger partial charge in [0, 0.05) is 43.5 Å². The molecule has 3 heterocycles. The lowest BCUT2D eigenvalue weighted by Crippen LogP contribution is -2.46. The summed E-state index contributed by atoms with van der Waals surface area (Å²) in [5.74, 6) is 0.0527. The quantitative estimate of drug-likeness (QED) is 0.814. The summed E-state index contributed by atoms with van der Waals surface area (Å²) in [6.07, 6.45) is 1.15. The fraction of sp³-hybridized carbons (Fsp3) is 0.500. The van der Waals surface area contributed by atoms with Crippen molar-refractivity contribution in [3.05, 3.63) is 29.2 Å². The average Bonchev–Trinajstić information content (AvgIpc) is 2.60. The van der Waals surface area contributed by atoms with Crippen molar-refractivity contribution in [3.8, 4) is 5.75 Å². The highest BCUT2D eigenvalue weighted by Crippen LogP contribution is 2.50. The third-order valence-electron chi connectivity index (χ3n) is 5.27. The van der Waals surface area contributed by atoms with Gasteiger partial charge in [0.05, 0.1) is 11.7 Å². The monoisotopic (exact) mass is 347 g/mol. The molecule has 2 atom stereocenters. The first-order valence-electron chi connectivity index (χ1n) is 8.57. The van der Waals surface area contributed by atoms with E-state index >= 15 is 0 Å². The van der Waals surface area contributed by atoms with Gasteiger partial charge in [-0.15, -0.1) is 0 Å². The SMILES string of the molecule is CC1COc2c(N3CCN(C)CC3)c(F)cc3c2N1C=C(C=O)C3O. The van der Waals surface area contributed by atoms with Crippen LogP contribution in [0.3, 0.4) is 0 Å². The Morgan fingerprint density at radius 2 is 2.00 bits per heavy atom. The van der Waals surface area contributed by atoms with Crippen molar-refractivity contribution in [2.24, 2.45) is 0 Å². The van der Waals surface area contributed by atoms with Gasteiger partial charge in [0.15, 0.2) is 11.6 Å². The maximum absolute atomic E-state index is 15.0. The molecule has 7 heteroatoms. The number of ether oxygens (including phenoxy) is 1. The number of nitrogens with zero attached hydrogens (tertiary/aromatic N) is 3. The van der Waals surface area contributed by atoms with Gasteiger partial charge >= 0.3 is 0 Å². The summed E-state index contributed by atoms with van der Waals surface area (Å²) in [5.41, 5.74) is 1.76. The molecule has 3 aliphatic rings. The molecule has 0 amide bonds. The van der Waals surface area contributed by atoms with Crippen molar-refractivity contribution in [1.29, 1.82) is 0 Å². The summed E-state index contributed by atoms with van der Waals surface area (Å²) < 4.78 is 20.9. The highest BCUT2D eigenvalue weighted by Gasteiger charge is 2.38. The topological polar surface area (TPSA) is 56.2 Å². The van der Waals surface area contributed by atoms with Crippen LogP contribution in [0.1, 0.15) is 18.6 Å². The fourth-order valence-electron chi connectivity index (χ4n) is 3.76. The summed E-state index contributed by atoms with van der Waals surface area (Å²) in [6, 6.07) is 1.35. The lowest BCUT2D eigenvalue weighted by molar-refractivity contribution is -0.105. The second-order valence-corrected chi connectivity index (χ2v) is 6.98. The Bertz CT molecular complexity index is 744. The molecule has 1 aromatic rings. The number of likely N-dealkylation sites (N-methyl/N-ethyl adjacent to an activating group) is 1. The molecule has 134 valence electrons. The van der Waals surface area contributed by atoms with Gasteiger partial charge in [0.2, 0.25) is 0 Å². The van der Waals surface area contributed by atoms with Crippen LogP contribution in [0, 0.1) is 5.82 Å². The smallest absolute Gasteiger partial charge is 0.169 e. The van der Waals surface area contributed by atoms with Crippen molar-refractivity contribution < 1.29 is 19.0 Å². The van der Waals surface area contributed by atoms with Crippen LogP contribution in [-0.4, -0.2) is 62.2 Å². The number of benzene rings is 1. The normalized spacial score (nSPS) is 26.0. The summed E-state index contributed by atoms with van der Waals surface area (Å²) in [6.45, 7) is 5.52. The van der Waals surface area contributed by atoms with Gasteiger partial charge in [-0.3, -0.25) is 4.79 Å². The fourth-order valence-corrected chi connectivity index (χ4v) is 3.76. The first kappa shape index (κ1) is 16.4. The molecular formula is C18H22FN3O3. The van der Waals surface area contributed by atoms with Crippen LogP contribution in [0.5, 0.6) is 5.75 Å². The first-order valence-corrected chi connectivity index (χ1v) is 8.57. The molecule has 0 saturated carbocycles. The van der Waals surface area contributed by atoms with E-state index in [0.717, 1.165) is 26.2 Å². The Balaban J connectivity index is 1.86. The maximum atomic E-state index is 15.0. The number of halogens is 1. The molecule has 0 spiro atoms. The number of hydrogen-bond donors (Lipinski definition) is 1. The first-order chi connectivity index (χ1) is 12.0. The summed E-state index contributed by atoms with van der Waals surface area (Å²) in [5, 5.41) is 10.5. The Morgan fingerprint density at radius 1 is 1.28 bits per heavy atom. The zero-order valence-corrected chi connectivity index (χ0v) is 14.4. The van der Waals surface area contributed by atoms with E-state index in [0.29, 0.717) is 35.6 Å². The van der Waals surface area contributed by atoms with E-state index in [4.69, 9.17) is 4.74 Å². The van der Waals surface area contributed by atoms with E-state index in [-0.39, 0.29) is 11.6 Å². The second kappa shape index (κ2) is 6.00. The summed E-state index contributed by atoms with van der Waals surface area (Å²) in [4.78, 5) is 17.4. The second-order valence-electron chi connectivity index (χ2n) is 6.98. The molecule has 0 aliphatic carbocycles. The number of aldehydes is 1. The third-order valence-corrected chi connectivity index (χ3v) is 5.27. The summed E-state index contributed by atoms with van der Waals surface area (Å²) in [7, 11) is 2.05. The molecule has 1 N–H and O–H groups in total. The van der Waals surface area contributed by atoms with Gasteiger partial charge in [-0.2, -0.15) is 0 Å². The van der Waals surface area contributed by atoms with Crippen molar-refractivity contribution in [3.63, 3.8) is 0 Å². The molecule has 6 nitrogen and oxygen atoms in total. The Kier molecular flexibility index (Phi) is 3.92. The van der Waals surface area contributed by atoms with Gasteiger partial charge in [-0.1, -0.05) is 0 Å². The van der Waals surface area contributed by atoms with Gasteiger partial charge < -0.3 is 24.5 Å². The minimum absolute atomic E-state index is 0.000463. The van der Waals surface area contributed by atoms with E-state index < -0.39 is 11.9 Å². The van der Waals surface area contributed by atoms with E-state index in [1.54, 1.807) is 6.20 Å². The van der Waals surface area contributed by atoms with Gasteiger partial charge in [0.1, 0.15) is 24.7 Å². The molecular weight excluding hydrogens is 325 g/mol. The molecule has 2 unspecified atom stereocenters. The molecule has 0 aromatic heterocycles. The number of aliphatic hydroxyl groups excluding tert-OH is 1. The molecule has 1 saturated heterocycles. The van der Waals surface area contributed by atoms with Crippen LogP contribution < -0.4 is 14.5 Å². The molecule has 3 aliphatic heterocycles. The number of piperazine rings is 1. The van der Waals surface area contributed by atoms with Crippen LogP contribution in [0.15, 0.2) is 17.8 Å². The predicted molar refractivity (Wildman–Crippen MR) is 92.7 cm³/mol. The predicted octanol–water partition coefficient (Wildman–Crippen LogP) is 1.29. The molecule has 1 fully saturated rings. The van der Waals surface area contributed by atoms with Crippen LogP contribution >= 0.6 is 0 Å². The molecule has 25 heavy (non-hydrogen) atoms. The lowest BCUT2D eigenvalue weighted by Gasteiger charge is -2.43. The van der Waals surface area contributed by atoms with E-state index in [2.05, 4.69) is 4.90 Å². The number of carbonyl (C=O) groups excluding carboxylic acids is 1. The molecule has 0 bridgehead atoms. The zero-order valence-electron chi connectivity index (χ0n) is 14.4. The largest absolute Gasteiger partial charge is 0.487 e. The van der Waals surface area contributed by atoms with Crippen molar-refractivity contribution in [2.45, 2.75) is 19.1 Å². The number of carbonyl (C=O) groups is 1.